The number of hydrogen-bond donors (Lipinski definition) is 0. The lowest BCUT2D eigenvalue weighted by atomic mass is 9.99. The lowest BCUT2D eigenvalue weighted by molar-refractivity contribution is -0.170. The number of carbonyl (C=O) groups is 1. The Kier molecular flexibility index (Phi) is 4.90. The molecule has 0 atom stereocenters. The van der Waals surface area contributed by atoms with Crippen LogP contribution in [-0.4, -0.2) is 32.2 Å². The molecule has 1 aromatic rings. The smallest absolute Gasteiger partial charge is 0.370 e. The van der Waals surface area contributed by atoms with E-state index in [4.69, 9.17) is 11.6 Å². The molecular weight excluding hydrogens is 317 g/mol. The fraction of sp³-hybridized carbons (Fsp3) is 0.533. The predicted molar refractivity (Wildman–Crippen MR) is 81.5 cm³/mol. The number of hydrogen-bond acceptors (Lipinski definition) is 2. The average Bonchev–Trinajstić information content (AvgIpc) is 2.46. The summed E-state index contributed by atoms with van der Waals surface area (Å²) in [6.45, 7) is 3.94. The summed E-state index contributed by atoms with van der Waals surface area (Å²) in [6.07, 6.45) is -2.78. The molecule has 0 spiro atoms. The monoisotopic (exact) mass is 334 g/mol. The molecule has 2 rings (SSSR count). The van der Waals surface area contributed by atoms with Crippen molar-refractivity contribution in [2.24, 2.45) is 5.92 Å². The van der Waals surface area contributed by atoms with Gasteiger partial charge in [0, 0.05) is 25.8 Å². The van der Waals surface area contributed by atoms with Crippen LogP contribution in [0, 0.1) is 5.92 Å². The van der Waals surface area contributed by atoms with Gasteiger partial charge in [-0.3, -0.25) is 4.79 Å². The highest BCUT2D eigenvalue weighted by Gasteiger charge is 2.41. The molecule has 0 aliphatic carbocycles. The molecule has 22 heavy (non-hydrogen) atoms. The Labute approximate surface area is 132 Å². The molecule has 0 bridgehead atoms. The van der Waals surface area contributed by atoms with Gasteiger partial charge in [-0.15, -0.1) is 0 Å². The minimum atomic E-state index is -4.90. The van der Waals surface area contributed by atoms with Crippen molar-refractivity contribution < 1.29 is 18.0 Å². The summed E-state index contributed by atoms with van der Waals surface area (Å²) >= 11 is 6.20. The van der Waals surface area contributed by atoms with E-state index in [0.29, 0.717) is 15.8 Å². The third-order valence-electron chi connectivity index (χ3n) is 3.99. The van der Waals surface area contributed by atoms with Gasteiger partial charge in [0.15, 0.2) is 0 Å². The zero-order valence-corrected chi connectivity index (χ0v) is 13.2. The van der Waals surface area contributed by atoms with Crippen LogP contribution in [0.2, 0.25) is 5.02 Å². The Morgan fingerprint density at radius 1 is 1.32 bits per heavy atom. The maximum Gasteiger partial charge on any atom is 0.471 e. The van der Waals surface area contributed by atoms with Crippen LogP contribution in [0.1, 0.15) is 19.8 Å². The summed E-state index contributed by atoms with van der Waals surface area (Å²) in [5.74, 6) is -1.24. The summed E-state index contributed by atoms with van der Waals surface area (Å²) in [5.41, 5.74) is 0.923. The van der Waals surface area contributed by atoms with Crippen molar-refractivity contribution in [3.8, 4) is 0 Å². The summed E-state index contributed by atoms with van der Waals surface area (Å²) in [6, 6.07) is 4.56. The van der Waals surface area contributed by atoms with Gasteiger partial charge in [-0.1, -0.05) is 18.5 Å². The van der Waals surface area contributed by atoms with E-state index in [-0.39, 0.29) is 5.69 Å². The summed E-state index contributed by atoms with van der Waals surface area (Å²) < 4.78 is 37.4. The van der Waals surface area contributed by atoms with Crippen molar-refractivity contribution in [3.05, 3.63) is 23.2 Å². The molecule has 0 radical (unpaired) electrons. The largest absolute Gasteiger partial charge is 0.471 e. The van der Waals surface area contributed by atoms with Gasteiger partial charge in [-0.2, -0.15) is 13.2 Å². The Bertz CT molecular complexity index is 554. The lowest BCUT2D eigenvalue weighted by Crippen LogP contribution is -2.38. The number of anilines is 2. The van der Waals surface area contributed by atoms with E-state index in [9.17, 15) is 18.0 Å². The molecule has 1 saturated heterocycles. The van der Waals surface area contributed by atoms with Gasteiger partial charge in [-0.05, 0) is 37.0 Å². The number of rotatable bonds is 2. The Balaban J connectivity index is 2.18. The minimum Gasteiger partial charge on any atom is -0.370 e. The van der Waals surface area contributed by atoms with Gasteiger partial charge in [0.2, 0.25) is 0 Å². The second kappa shape index (κ2) is 6.36. The van der Waals surface area contributed by atoms with Crippen molar-refractivity contribution in [3.63, 3.8) is 0 Å². The number of amides is 1. The van der Waals surface area contributed by atoms with E-state index in [2.05, 4.69) is 11.8 Å². The number of carbonyl (C=O) groups excluding carboxylic acids is 1. The van der Waals surface area contributed by atoms with Crippen molar-refractivity contribution in [1.82, 2.24) is 0 Å². The van der Waals surface area contributed by atoms with Crippen LogP contribution < -0.4 is 9.80 Å². The van der Waals surface area contributed by atoms with E-state index < -0.39 is 12.1 Å². The first kappa shape index (κ1) is 16.9. The normalized spacial score (nSPS) is 16.7. The first-order valence-corrected chi connectivity index (χ1v) is 7.47. The molecule has 0 saturated carbocycles. The second-order valence-electron chi connectivity index (χ2n) is 5.67. The molecule has 7 heteroatoms. The number of alkyl halides is 3. The minimum absolute atomic E-state index is 0.126. The molecule has 1 amide bonds. The fourth-order valence-electron chi connectivity index (χ4n) is 2.52. The molecule has 1 aliphatic heterocycles. The second-order valence-corrected chi connectivity index (χ2v) is 6.07. The van der Waals surface area contributed by atoms with Crippen LogP contribution in [0.3, 0.4) is 0 Å². The van der Waals surface area contributed by atoms with Gasteiger partial charge in [-0.25, -0.2) is 0 Å². The van der Waals surface area contributed by atoms with Crippen molar-refractivity contribution in [1.29, 1.82) is 0 Å². The maximum atomic E-state index is 12.5. The SMILES string of the molecule is CC1CCN(c2ccc(N(C)C(=O)C(F)(F)F)cc2Cl)CC1. The number of nitrogens with zero attached hydrogens (tertiary/aromatic N) is 2. The Morgan fingerprint density at radius 3 is 2.41 bits per heavy atom. The van der Waals surface area contributed by atoms with Crippen molar-refractivity contribution >= 4 is 28.9 Å². The van der Waals surface area contributed by atoms with Gasteiger partial charge in [0.1, 0.15) is 0 Å². The maximum absolute atomic E-state index is 12.5. The highest BCUT2D eigenvalue weighted by atomic mass is 35.5. The zero-order valence-electron chi connectivity index (χ0n) is 12.5. The van der Waals surface area contributed by atoms with Gasteiger partial charge >= 0.3 is 12.1 Å². The quantitative estimate of drug-likeness (QED) is 0.813. The highest BCUT2D eigenvalue weighted by Crippen LogP contribution is 2.33. The third kappa shape index (κ3) is 3.66. The van der Waals surface area contributed by atoms with Crippen LogP contribution >= 0.6 is 11.6 Å². The van der Waals surface area contributed by atoms with E-state index in [0.717, 1.165) is 38.7 Å². The summed E-state index contributed by atoms with van der Waals surface area (Å²) in [7, 11) is 1.09. The first-order chi connectivity index (χ1) is 10.2. The topological polar surface area (TPSA) is 23.6 Å². The standard InChI is InChI=1S/C15H18ClF3N2O/c1-10-5-7-21(8-6-10)13-4-3-11(9-12(13)16)20(2)14(22)15(17,18)19/h3-4,9-10H,5-8H2,1-2H3. The molecule has 3 nitrogen and oxygen atoms in total. The van der Waals surface area contributed by atoms with E-state index in [1.165, 1.54) is 12.1 Å². The number of halogens is 4. The van der Waals surface area contributed by atoms with E-state index >= 15 is 0 Å². The molecule has 1 aliphatic rings. The molecule has 122 valence electrons. The average molecular weight is 335 g/mol. The number of benzene rings is 1. The Hall–Kier alpha value is -1.43. The molecule has 1 fully saturated rings. The molecule has 0 unspecified atom stereocenters. The first-order valence-electron chi connectivity index (χ1n) is 7.09. The van der Waals surface area contributed by atoms with Gasteiger partial charge in [0.05, 0.1) is 10.7 Å². The van der Waals surface area contributed by atoms with Crippen LogP contribution in [-0.2, 0) is 4.79 Å². The van der Waals surface area contributed by atoms with Gasteiger partial charge in [0.25, 0.3) is 0 Å². The van der Waals surface area contributed by atoms with Crippen LogP contribution in [0.25, 0.3) is 0 Å². The van der Waals surface area contributed by atoms with E-state index in [1.807, 2.05) is 0 Å². The highest BCUT2D eigenvalue weighted by molar-refractivity contribution is 6.33. The predicted octanol–water partition coefficient (Wildman–Crippen LogP) is 4.10. The summed E-state index contributed by atoms with van der Waals surface area (Å²) in [5, 5.41) is 0.355. The van der Waals surface area contributed by atoms with Crippen molar-refractivity contribution in [2.75, 3.05) is 29.9 Å². The van der Waals surface area contributed by atoms with Crippen molar-refractivity contribution in [2.45, 2.75) is 25.9 Å². The van der Waals surface area contributed by atoms with Crippen LogP contribution in [0.4, 0.5) is 24.5 Å². The van der Waals surface area contributed by atoms with Gasteiger partial charge < -0.3 is 9.80 Å². The molecular formula is C15H18ClF3N2O. The molecule has 0 aromatic heterocycles. The fourth-order valence-corrected chi connectivity index (χ4v) is 2.81. The zero-order chi connectivity index (χ0) is 16.5. The third-order valence-corrected chi connectivity index (χ3v) is 4.29. The van der Waals surface area contributed by atoms with E-state index in [1.54, 1.807) is 6.07 Å². The van der Waals surface area contributed by atoms with Crippen LogP contribution in [0.15, 0.2) is 18.2 Å². The molecule has 1 aromatic carbocycles. The van der Waals surface area contributed by atoms with Crippen LogP contribution in [0.5, 0.6) is 0 Å². The number of piperidine rings is 1. The summed E-state index contributed by atoms with van der Waals surface area (Å²) in [4.78, 5) is 13.9. The lowest BCUT2D eigenvalue weighted by Gasteiger charge is -2.33. The molecule has 1 heterocycles. The molecule has 0 N–H and O–H groups in total. The Morgan fingerprint density at radius 2 is 1.91 bits per heavy atom.